The largest absolute Gasteiger partial charge is 0.380 e. The average Bonchev–Trinajstić information content (AvgIpc) is 2.26. The predicted molar refractivity (Wildman–Crippen MR) is 70.7 cm³/mol. The van der Waals surface area contributed by atoms with Gasteiger partial charge in [0.2, 0.25) is 0 Å². The van der Waals surface area contributed by atoms with E-state index >= 15 is 0 Å². The highest BCUT2D eigenvalue weighted by Gasteiger charge is 2.27. The van der Waals surface area contributed by atoms with Crippen molar-refractivity contribution in [3.63, 3.8) is 0 Å². The molecule has 0 aromatic heterocycles. The summed E-state index contributed by atoms with van der Waals surface area (Å²) < 4.78 is 5.39. The monoisotopic (exact) mass is 230 g/mol. The average molecular weight is 230 g/mol. The fourth-order valence-electron chi connectivity index (χ4n) is 1.66. The molecule has 0 bridgehead atoms. The van der Waals surface area contributed by atoms with Crippen LogP contribution < -0.4 is 5.73 Å². The van der Waals surface area contributed by atoms with E-state index in [-0.39, 0.29) is 5.54 Å². The van der Waals surface area contributed by atoms with Gasteiger partial charge in [-0.3, -0.25) is 4.90 Å². The van der Waals surface area contributed by atoms with Gasteiger partial charge in [0.25, 0.3) is 0 Å². The van der Waals surface area contributed by atoms with Crippen molar-refractivity contribution < 1.29 is 4.74 Å². The number of ether oxygens (including phenoxy) is 1. The maximum atomic E-state index is 5.92. The Morgan fingerprint density at radius 1 is 1.38 bits per heavy atom. The van der Waals surface area contributed by atoms with Gasteiger partial charge in [0.15, 0.2) is 0 Å². The first kappa shape index (κ1) is 15.9. The minimum atomic E-state index is 0.112. The van der Waals surface area contributed by atoms with Crippen molar-refractivity contribution in [2.45, 2.75) is 46.1 Å². The molecule has 0 aromatic rings. The highest BCUT2D eigenvalue weighted by atomic mass is 16.5. The lowest BCUT2D eigenvalue weighted by molar-refractivity contribution is 0.0690. The SMILES string of the molecule is CCOCCN(C)C(C)(CN)CCC(C)C. The van der Waals surface area contributed by atoms with Crippen LogP contribution in [0.15, 0.2) is 0 Å². The molecular weight excluding hydrogens is 200 g/mol. The molecule has 0 aliphatic carbocycles. The molecule has 1 atom stereocenters. The number of rotatable bonds is 9. The van der Waals surface area contributed by atoms with E-state index in [1.165, 1.54) is 6.42 Å². The van der Waals surface area contributed by atoms with Gasteiger partial charge in [0.1, 0.15) is 0 Å². The molecular formula is C13H30N2O. The lowest BCUT2D eigenvalue weighted by Crippen LogP contribution is -2.50. The van der Waals surface area contributed by atoms with Crippen molar-refractivity contribution in [1.82, 2.24) is 4.90 Å². The second-order valence-electron chi connectivity index (χ2n) is 5.25. The van der Waals surface area contributed by atoms with Gasteiger partial charge in [-0.1, -0.05) is 13.8 Å². The molecule has 0 rings (SSSR count). The summed E-state index contributed by atoms with van der Waals surface area (Å²) in [5.74, 6) is 0.742. The highest BCUT2D eigenvalue weighted by Crippen LogP contribution is 2.21. The minimum Gasteiger partial charge on any atom is -0.380 e. The number of hydrogen-bond donors (Lipinski definition) is 1. The molecule has 0 saturated heterocycles. The van der Waals surface area contributed by atoms with E-state index in [4.69, 9.17) is 10.5 Å². The van der Waals surface area contributed by atoms with Crippen LogP contribution in [0.5, 0.6) is 0 Å². The summed E-state index contributed by atoms with van der Waals surface area (Å²) >= 11 is 0. The summed E-state index contributed by atoms with van der Waals surface area (Å²) in [6.07, 6.45) is 2.39. The fourth-order valence-corrected chi connectivity index (χ4v) is 1.66. The smallest absolute Gasteiger partial charge is 0.0593 e. The van der Waals surface area contributed by atoms with Crippen LogP contribution in [0.25, 0.3) is 0 Å². The number of hydrogen-bond acceptors (Lipinski definition) is 3. The first-order valence-electron chi connectivity index (χ1n) is 6.45. The Morgan fingerprint density at radius 3 is 2.44 bits per heavy atom. The van der Waals surface area contributed by atoms with Crippen molar-refractivity contribution in [3.05, 3.63) is 0 Å². The third kappa shape index (κ3) is 5.83. The van der Waals surface area contributed by atoms with Crippen LogP contribution in [0.1, 0.15) is 40.5 Å². The van der Waals surface area contributed by atoms with Gasteiger partial charge in [0, 0.05) is 25.2 Å². The number of nitrogens with two attached hydrogens (primary N) is 1. The van der Waals surface area contributed by atoms with Crippen LogP contribution in [-0.2, 0) is 4.74 Å². The van der Waals surface area contributed by atoms with Crippen molar-refractivity contribution >= 4 is 0 Å². The summed E-state index contributed by atoms with van der Waals surface area (Å²) in [4.78, 5) is 2.34. The maximum absolute atomic E-state index is 5.92. The number of nitrogens with zero attached hydrogens (tertiary/aromatic N) is 1. The molecule has 98 valence electrons. The summed E-state index contributed by atoms with van der Waals surface area (Å²) in [5, 5.41) is 0. The molecule has 0 radical (unpaired) electrons. The Morgan fingerprint density at radius 2 is 2.00 bits per heavy atom. The lowest BCUT2D eigenvalue weighted by Gasteiger charge is -2.38. The van der Waals surface area contributed by atoms with Gasteiger partial charge in [-0.05, 0) is 39.7 Å². The van der Waals surface area contributed by atoms with E-state index < -0.39 is 0 Å². The minimum absolute atomic E-state index is 0.112. The van der Waals surface area contributed by atoms with E-state index in [1.54, 1.807) is 0 Å². The van der Waals surface area contributed by atoms with Gasteiger partial charge < -0.3 is 10.5 Å². The van der Waals surface area contributed by atoms with E-state index in [1.807, 2.05) is 6.92 Å². The summed E-state index contributed by atoms with van der Waals surface area (Å²) in [6, 6.07) is 0. The Bertz CT molecular complexity index is 173. The van der Waals surface area contributed by atoms with Crippen molar-refractivity contribution in [2.24, 2.45) is 11.7 Å². The predicted octanol–water partition coefficient (Wildman–Crippen LogP) is 2.11. The normalized spacial score (nSPS) is 15.8. The molecule has 0 spiro atoms. The molecule has 0 aromatic carbocycles. The lowest BCUT2D eigenvalue weighted by atomic mass is 9.90. The summed E-state index contributed by atoms with van der Waals surface area (Å²) in [5.41, 5.74) is 6.03. The molecule has 0 saturated carbocycles. The van der Waals surface area contributed by atoms with Gasteiger partial charge in [0.05, 0.1) is 6.61 Å². The topological polar surface area (TPSA) is 38.5 Å². The molecule has 0 amide bonds. The van der Waals surface area contributed by atoms with Gasteiger partial charge in [-0.15, -0.1) is 0 Å². The van der Waals surface area contributed by atoms with Crippen LogP contribution in [-0.4, -0.2) is 43.8 Å². The quantitative estimate of drug-likeness (QED) is 0.617. The third-order valence-electron chi connectivity index (χ3n) is 3.40. The van der Waals surface area contributed by atoms with E-state index in [0.717, 1.165) is 32.1 Å². The molecule has 0 heterocycles. The Kier molecular flexibility index (Phi) is 7.98. The second kappa shape index (κ2) is 8.04. The Balaban J connectivity index is 4.09. The number of likely N-dealkylation sites (N-methyl/N-ethyl adjacent to an activating group) is 1. The van der Waals surface area contributed by atoms with E-state index in [0.29, 0.717) is 6.54 Å². The molecule has 0 aliphatic rings. The van der Waals surface area contributed by atoms with E-state index in [9.17, 15) is 0 Å². The first-order chi connectivity index (χ1) is 7.46. The van der Waals surface area contributed by atoms with Crippen molar-refractivity contribution in [2.75, 3.05) is 33.4 Å². The zero-order valence-corrected chi connectivity index (χ0v) is 11.8. The highest BCUT2D eigenvalue weighted by molar-refractivity contribution is 4.85. The van der Waals surface area contributed by atoms with E-state index in [2.05, 4.69) is 32.7 Å². The molecule has 3 nitrogen and oxygen atoms in total. The molecule has 0 aliphatic heterocycles. The van der Waals surface area contributed by atoms with Crippen LogP contribution in [0, 0.1) is 5.92 Å². The third-order valence-corrected chi connectivity index (χ3v) is 3.40. The fraction of sp³-hybridized carbons (Fsp3) is 1.00. The zero-order valence-electron chi connectivity index (χ0n) is 11.8. The van der Waals surface area contributed by atoms with Gasteiger partial charge in [-0.25, -0.2) is 0 Å². The molecule has 0 fully saturated rings. The van der Waals surface area contributed by atoms with Gasteiger partial charge in [-0.2, -0.15) is 0 Å². The molecule has 2 N–H and O–H groups in total. The van der Waals surface area contributed by atoms with Crippen LogP contribution >= 0.6 is 0 Å². The molecule has 1 unspecified atom stereocenters. The Labute approximate surface area is 101 Å². The van der Waals surface area contributed by atoms with Crippen LogP contribution in [0.4, 0.5) is 0 Å². The maximum Gasteiger partial charge on any atom is 0.0593 e. The Hall–Kier alpha value is -0.120. The first-order valence-corrected chi connectivity index (χ1v) is 6.45. The summed E-state index contributed by atoms with van der Waals surface area (Å²) in [6.45, 7) is 12.1. The summed E-state index contributed by atoms with van der Waals surface area (Å²) in [7, 11) is 2.15. The zero-order chi connectivity index (χ0) is 12.6. The standard InChI is InChI=1S/C13H30N2O/c1-6-16-10-9-15(5)13(4,11-14)8-7-12(2)3/h12H,6-11,14H2,1-5H3. The van der Waals surface area contributed by atoms with Crippen LogP contribution in [0.2, 0.25) is 0 Å². The van der Waals surface area contributed by atoms with Crippen molar-refractivity contribution in [3.8, 4) is 0 Å². The van der Waals surface area contributed by atoms with Crippen LogP contribution in [0.3, 0.4) is 0 Å². The molecule has 16 heavy (non-hydrogen) atoms. The van der Waals surface area contributed by atoms with Gasteiger partial charge >= 0.3 is 0 Å². The molecule has 3 heteroatoms. The second-order valence-corrected chi connectivity index (χ2v) is 5.25. The van der Waals surface area contributed by atoms with Crippen molar-refractivity contribution in [1.29, 1.82) is 0 Å².